The highest BCUT2D eigenvalue weighted by Crippen LogP contribution is 2.29. The Balaban J connectivity index is 2.12. The fourth-order valence-electron chi connectivity index (χ4n) is 2.32. The molecule has 2 nitrogen and oxygen atoms in total. The van der Waals surface area contributed by atoms with Gasteiger partial charge in [-0.3, -0.25) is 0 Å². The first-order chi connectivity index (χ1) is 8.09. The minimum Gasteiger partial charge on any atom is -0.389 e. The highest BCUT2D eigenvalue weighted by atomic mass is 35.5. The summed E-state index contributed by atoms with van der Waals surface area (Å²) in [6.07, 6.45) is 3.02. The van der Waals surface area contributed by atoms with E-state index in [1.54, 1.807) is 0 Å². The second-order valence-corrected chi connectivity index (χ2v) is 5.37. The Bertz CT molecular complexity index is 382. The van der Waals surface area contributed by atoms with Gasteiger partial charge >= 0.3 is 0 Å². The zero-order chi connectivity index (χ0) is 12.3. The summed E-state index contributed by atoms with van der Waals surface area (Å²) in [6.45, 7) is 3.41. The van der Waals surface area contributed by atoms with Gasteiger partial charge in [0, 0.05) is 24.7 Å². The molecule has 1 aromatic rings. The van der Waals surface area contributed by atoms with Crippen molar-refractivity contribution in [3.8, 4) is 0 Å². The van der Waals surface area contributed by atoms with E-state index in [0.717, 1.165) is 35.6 Å². The molecule has 2 rings (SSSR count). The number of benzene rings is 1. The van der Waals surface area contributed by atoms with Crippen molar-refractivity contribution in [3.05, 3.63) is 34.3 Å². The highest BCUT2D eigenvalue weighted by molar-refractivity contribution is 6.31. The van der Waals surface area contributed by atoms with E-state index in [4.69, 9.17) is 16.3 Å². The van der Waals surface area contributed by atoms with E-state index in [1.165, 1.54) is 0 Å². The second-order valence-electron chi connectivity index (χ2n) is 4.96. The van der Waals surface area contributed by atoms with Crippen molar-refractivity contribution in [3.63, 3.8) is 0 Å². The molecule has 0 bridgehead atoms. The van der Waals surface area contributed by atoms with Crippen molar-refractivity contribution in [1.82, 2.24) is 0 Å². The molecule has 1 aliphatic heterocycles. The van der Waals surface area contributed by atoms with E-state index in [9.17, 15) is 5.11 Å². The Morgan fingerprint density at radius 3 is 2.94 bits per heavy atom. The average molecular weight is 255 g/mol. The van der Waals surface area contributed by atoms with Crippen LogP contribution in [0.2, 0.25) is 5.02 Å². The lowest BCUT2D eigenvalue weighted by molar-refractivity contribution is 0.0189. The third-order valence-electron chi connectivity index (χ3n) is 3.37. The molecule has 0 spiro atoms. The van der Waals surface area contributed by atoms with Gasteiger partial charge in [-0.1, -0.05) is 23.7 Å². The number of hydrogen-bond donors (Lipinski definition) is 1. The first kappa shape index (κ1) is 12.9. The molecule has 1 saturated heterocycles. The van der Waals surface area contributed by atoms with Crippen LogP contribution in [0.25, 0.3) is 0 Å². The van der Waals surface area contributed by atoms with Crippen molar-refractivity contribution in [2.75, 3.05) is 13.2 Å². The number of ether oxygens (including phenoxy) is 1. The molecule has 0 aliphatic carbocycles. The lowest BCUT2D eigenvalue weighted by Gasteiger charge is -2.26. The van der Waals surface area contributed by atoms with Crippen LogP contribution in [0.15, 0.2) is 18.2 Å². The van der Waals surface area contributed by atoms with E-state index < -0.39 is 5.60 Å². The lowest BCUT2D eigenvalue weighted by Crippen LogP contribution is -2.31. The van der Waals surface area contributed by atoms with Gasteiger partial charge in [-0.15, -0.1) is 0 Å². The fourth-order valence-corrected chi connectivity index (χ4v) is 2.62. The van der Waals surface area contributed by atoms with E-state index in [1.807, 2.05) is 25.1 Å². The standard InChI is InChI=1S/C14H19ClO2/c1-11-3-4-12(13(15)9-11)10-14(16)5-2-7-17-8-6-14/h3-4,9,16H,2,5-8,10H2,1H3. The largest absolute Gasteiger partial charge is 0.389 e. The molecule has 3 heteroatoms. The summed E-state index contributed by atoms with van der Waals surface area (Å²) in [5.74, 6) is 0. The van der Waals surface area contributed by atoms with Crippen LogP contribution in [-0.4, -0.2) is 23.9 Å². The molecular formula is C14H19ClO2. The third-order valence-corrected chi connectivity index (χ3v) is 3.72. The predicted molar refractivity (Wildman–Crippen MR) is 69.5 cm³/mol. The van der Waals surface area contributed by atoms with Crippen LogP contribution in [0, 0.1) is 6.92 Å². The average Bonchev–Trinajstić information content (AvgIpc) is 2.48. The van der Waals surface area contributed by atoms with Crippen LogP contribution in [0.4, 0.5) is 0 Å². The fraction of sp³-hybridized carbons (Fsp3) is 0.571. The Labute approximate surface area is 108 Å². The minimum atomic E-state index is -0.657. The van der Waals surface area contributed by atoms with E-state index in [0.29, 0.717) is 19.4 Å². The smallest absolute Gasteiger partial charge is 0.0711 e. The summed E-state index contributed by atoms with van der Waals surface area (Å²) >= 11 is 6.21. The molecule has 0 saturated carbocycles. The number of rotatable bonds is 2. The van der Waals surface area contributed by atoms with Crippen molar-refractivity contribution in [2.45, 2.75) is 38.2 Å². The molecule has 1 heterocycles. The summed E-state index contributed by atoms with van der Waals surface area (Å²) in [4.78, 5) is 0. The van der Waals surface area contributed by atoms with Crippen molar-refractivity contribution in [1.29, 1.82) is 0 Å². The Hall–Kier alpha value is -0.570. The monoisotopic (exact) mass is 254 g/mol. The third kappa shape index (κ3) is 3.44. The van der Waals surface area contributed by atoms with Crippen LogP contribution in [-0.2, 0) is 11.2 Å². The molecule has 17 heavy (non-hydrogen) atoms. The van der Waals surface area contributed by atoms with Crippen LogP contribution < -0.4 is 0 Å². The Kier molecular flexibility index (Phi) is 4.08. The Morgan fingerprint density at radius 1 is 1.35 bits per heavy atom. The SMILES string of the molecule is Cc1ccc(CC2(O)CCCOCC2)c(Cl)c1. The van der Waals surface area contributed by atoms with Crippen LogP contribution in [0.5, 0.6) is 0 Å². The molecule has 0 radical (unpaired) electrons. The van der Waals surface area contributed by atoms with Crippen LogP contribution in [0.1, 0.15) is 30.4 Å². The van der Waals surface area contributed by atoms with E-state index >= 15 is 0 Å². The summed E-state index contributed by atoms with van der Waals surface area (Å²) in [6, 6.07) is 6.01. The number of halogens is 1. The van der Waals surface area contributed by atoms with Gasteiger partial charge in [0.05, 0.1) is 5.60 Å². The topological polar surface area (TPSA) is 29.5 Å². The van der Waals surface area contributed by atoms with Gasteiger partial charge in [-0.25, -0.2) is 0 Å². The summed E-state index contributed by atoms with van der Waals surface area (Å²) < 4.78 is 5.38. The maximum Gasteiger partial charge on any atom is 0.0711 e. The second kappa shape index (κ2) is 5.38. The van der Waals surface area contributed by atoms with Gasteiger partial charge in [0.2, 0.25) is 0 Å². The van der Waals surface area contributed by atoms with Gasteiger partial charge in [0.1, 0.15) is 0 Å². The Morgan fingerprint density at radius 2 is 2.18 bits per heavy atom. The molecule has 1 aliphatic rings. The van der Waals surface area contributed by atoms with Gasteiger partial charge in [-0.2, -0.15) is 0 Å². The van der Waals surface area contributed by atoms with E-state index in [-0.39, 0.29) is 0 Å². The summed E-state index contributed by atoms with van der Waals surface area (Å²) in [5, 5.41) is 11.3. The molecule has 1 fully saturated rings. The first-order valence-electron chi connectivity index (χ1n) is 6.14. The van der Waals surface area contributed by atoms with Crippen molar-refractivity contribution >= 4 is 11.6 Å². The van der Waals surface area contributed by atoms with Crippen LogP contribution >= 0.6 is 11.6 Å². The molecule has 1 aromatic carbocycles. The lowest BCUT2D eigenvalue weighted by atomic mass is 9.87. The predicted octanol–water partition coefficient (Wildman–Crippen LogP) is 3.12. The molecule has 1 atom stereocenters. The van der Waals surface area contributed by atoms with Gasteiger partial charge in [-0.05, 0) is 43.4 Å². The normalized spacial score (nSPS) is 25.6. The first-order valence-corrected chi connectivity index (χ1v) is 6.52. The maximum absolute atomic E-state index is 10.6. The minimum absolute atomic E-state index is 0.621. The number of aryl methyl sites for hydroxylation is 1. The van der Waals surface area contributed by atoms with Gasteiger partial charge in [0.25, 0.3) is 0 Å². The summed E-state index contributed by atoms with van der Waals surface area (Å²) in [7, 11) is 0. The number of hydrogen-bond acceptors (Lipinski definition) is 2. The zero-order valence-electron chi connectivity index (χ0n) is 10.2. The van der Waals surface area contributed by atoms with E-state index in [2.05, 4.69) is 0 Å². The highest BCUT2D eigenvalue weighted by Gasteiger charge is 2.29. The molecule has 94 valence electrons. The number of aliphatic hydroxyl groups is 1. The molecule has 0 amide bonds. The van der Waals surface area contributed by atoms with Gasteiger partial charge < -0.3 is 9.84 Å². The maximum atomic E-state index is 10.6. The van der Waals surface area contributed by atoms with Gasteiger partial charge in [0.15, 0.2) is 0 Å². The van der Waals surface area contributed by atoms with Crippen LogP contribution in [0.3, 0.4) is 0 Å². The quantitative estimate of drug-likeness (QED) is 0.879. The summed E-state index contributed by atoms with van der Waals surface area (Å²) in [5.41, 5.74) is 1.52. The zero-order valence-corrected chi connectivity index (χ0v) is 11.0. The van der Waals surface area contributed by atoms with Crippen molar-refractivity contribution in [2.24, 2.45) is 0 Å². The molecule has 1 N–H and O–H groups in total. The molecule has 0 aromatic heterocycles. The molecular weight excluding hydrogens is 236 g/mol. The molecule has 1 unspecified atom stereocenters. The van der Waals surface area contributed by atoms with Crippen molar-refractivity contribution < 1.29 is 9.84 Å².